The number of amides is 5. The number of aliphatic hydroxyl groups excluding tert-OH is 2. The minimum absolute atomic E-state index is 0.603. The number of carbonyl (C=O) groups excluding carboxylic acids is 5. The maximum Gasteiger partial charge on any atom is 0.245 e. The van der Waals surface area contributed by atoms with Crippen molar-refractivity contribution in [3.63, 3.8) is 0 Å². The third-order valence-electron chi connectivity index (χ3n) is 2.76. The highest BCUT2D eigenvalue weighted by Crippen LogP contribution is 1.96. The van der Waals surface area contributed by atoms with Gasteiger partial charge in [0.15, 0.2) is 0 Å². The van der Waals surface area contributed by atoms with Gasteiger partial charge in [0.1, 0.15) is 18.1 Å². The number of aliphatic hydroxyl groups is 2. The van der Waals surface area contributed by atoms with Gasteiger partial charge in [0.25, 0.3) is 0 Å². The van der Waals surface area contributed by atoms with Gasteiger partial charge in [-0.05, 0) is 0 Å². The molecule has 3 atom stereocenters. The molecular weight excluding hydrogens is 326 g/mol. The Kier molecular flexibility index (Phi) is 8.97. The smallest absolute Gasteiger partial charge is 0.245 e. The van der Waals surface area contributed by atoms with Crippen LogP contribution in [-0.4, -0.2) is 71.1 Å². The molecule has 136 valence electrons. The molecule has 0 saturated carbocycles. The Bertz CT molecular complexity index is 510. The van der Waals surface area contributed by atoms with Crippen molar-refractivity contribution < 1.29 is 34.2 Å². The van der Waals surface area contributed by atoms with E-state index in [0.717, 1.165) is 6.92 Å². The molecule has 0 bridgehead atoms. The first-order valence-corrected chi connectivity index (χ1v) is 6.79. The SMILES string of the molecule is CC(=O)N[C@@H](CO)C(=O)N[C@@H](CC(N)=O)C(=O)N[C@H](CO)C(N)=O. The lowest BCUT2D eigenvalue weighted by molar-refractivity contribution is -0.135. The topological polar surface area (TPSA) is 214 Å². The van der Waals surface area contributed by atoms with Gasteiger partial charge >= 0.3 is 0 Å². The summed E-state index contributed by atoms with van der Waals surface area (Å²) in [6.07, 6.45) is -0.618. The standard InChI is InChI=1S/C12H21N5O7/c1-5(20)15-8(4-19)12(24)16-6(2-9(13)21)11(23)17-7(3-18)10(14)22/h6-8,18-19H,2-4H2,1H3,(H2,13,21)(H2,14,22)(H,15,20)(H,16,24)(H,17,23)/t6-,7+,8-/m0/s1. The zero-order valence-electron chi connectivity index (χ0n) is 12.9. The van der Waals surface area contributed by atoms with Gasteiger partial charge in [0.2, 0.25) is 29.5 Å². The molecule has 9 N–H and O–H groups in total. The monoisotopic (exact) mass is 347 g/mol. The molecular formula is C12H21N5O7. The van der Waals surface area contributed by atoms with Crippen LogP contribution in [-0.2, 0) is 24.0 Å². The molecule has 0 unspecified atom stereocenters. The molecule has 0 spiro atoms. The number of primary amides is 2. The Balaban J connectivity index is 5.08. The van der Waals surface area contributed by atoms with Gasteiger partial charge in [-0.15, -0.1) is 0 Å². The van der Waals surface area contributed by atoms with Gasteiger partial charge in [0, 0.05) is 6.92 Å². The largest absolute Gasteiger partial charge is 0.394 e. The lowest BCUT2D eigenvalue weighted by Crippen LogP contribution is -2.58. The maximum atomic E-state index is 12.0. The first-order valence-electron chi connectivity index (χ1n) is 6.79. The molecule has 24 heavy (non-hydrogen) atoms. The van der Waals surface area contributed by atoms with E-state index in [2.05, 4.69) is 10.6 Å². The molecule has 5 amide bonds. The summed E-state index contributed by atoms with van der Waals surface area (Å²) in [4.78, 5) is 56.9. The molecule has 0 aromatic heterocycles. The van der Waals surface area contributed by atoms with Gasteiger partial charge in [0.05, 0.1) is 19.6 Å². The number of nitrogens with one attached hydrogen (secondary N) is 3. The molecule has 0 aliphatic rings. The first kappa shape index (κ1) is 21.3. The Labute approximate surface area is 136 Å². The number of rotatable bonds is 10. The van der Waals surface area contributed by atoms with Crippen LogP contribution in [0.2, 0.25) is 0 Å². The van der Waals surface area contributed by atoms with Crippen molar-refractivity contribution in [1.29, 1.82) is 0 Å². The van der Waals surface area contributed by atoms with Crippen LogP contribution < -0.4 is 27.4 Å². The van der Waals surface area contributed by atoms with Crippen LogP contribution in [0.5, 0.6) is 0 Å². The van der Waals surface area contributed by atoms with Crippen LogP contribution >= 0.6 is 0 Å². The fourth-order valence-corrected chi connectivity index (χ4v) is 1.60. The van der Waals surface area contributed by atoms with E-state index >= 15 is 0 Å². The number of nitrogens with two attached hydrogens (primary N) is 2. The van der Waals surface area contributed by atoms with Crippen LogP contribution in [0.15, 0.2) is 0 Å². The fraction of sp³-hybridized carbons (Fsp3) is 0.583. The van der Waals surface area contributed by atoms with Crippen molar-refractivity contribution in [1.82, 2.24) is 16.0 Å². The lowest BCUT2D eigenvalue weighted by Gasteiger charge is -2.22. The van der Waals surface area contributed by atoms with E-state index in [4.69, 9.17) is 21.7 Å². The van der Waals surface area contributed by atoms with Gasteiger partial charge < -0.3 is 37.6 Å². The Hall–Kier alpha value is -2.73. The molecule has 0 aromatic rings. The van der Waals surface area contributed by atoms with E-state index in [1.54, 1.807) is 0 Å². The summed E-state index contributed by atoms with van der Waals surface area (Å²) >= 11 is 0. The van der Waals surface area contributed by atoms with Crippen LogP contribution in [0.3, 0.4) is 0 Å². The zero-order chi connectivity index (χ0) is 18.9. The highest BCUT2D eigenvalue weighted by Gasteiger charge is 2.29. The van der Waals surface area contributed by atoms with E-state index < -0.39 is 67.3 Å². The van der Waals surface area contributed by atoms with Crippen molar-refractivity contribution in [2.24, 2.45) is 11.5 Å². The van der Waals surface area contributed by atoms with Gasteiger partial charge in [-0.3, -0.25) is 24.0 Å². The highest BCUT2D eigenvalue weighted by atomic mass is 16.3. The average Bonchev–Trinajstić information content (AvgIpc) is 2.47. The van der Waals surface area contributed by atoms with Gasteiger partial charge in [-0.1, -0.05) is 0 Å². The quantitative estimate of drug-likeness (QED) is 0.204. The second-order valence-corrected chi connectivity index (χ2v) is 4.81. The van der Waals surface area contributed by atoms with Gasteiger partial charge in [-0.2, -0.15) is 0 Å². The van der Waals surface area contributed by atoms with Crippen LogP contribution in [0.25, 0.3) is 0 Å². The van der Waals surface area contributed by atoms with E-state index in [1.807, 2.05) is 5.32 Å². The third kappa shape index (κ3) is 7.51. The summed E-state index contributed by atoms with van der Waals surface area (Å²) < 4.78 is 0. The van der Waals surface area contributed by atoms with Gasteiger partial charge in [-0.25, -0.2) is 0 Å². The second-order valence-electron chi connectivity index (χ2n) is 4.81. The summed E-state index contributed by atoms with van der Waals surface area (Å²) in [5.41, 5.74) is 9.94. The molecule has 0 aliphatic carbocycles. The summed E-state index contributed by atoms with van der Waals surface area (Å²) in [7, 11) is 0. The lowest BCUT2D eigenvalue weighted by atomic mass is 10.1. The number of hydrogen-bond donors (Lipinski definition) is 7. The van der Waals surface area contributed by atoms with Crippen LogP contribution in [0.1, 0.15) is 13.3 Å². The number of hydrogen-bond acceptors (Lipinski definition) is 7. The van der Waals surface area contributed by atoms with Crippen molar-refractivity contribution in [3.8, 4) is 0 Å². The molecule has 0 radical (unpaired) electrons. The molecule has 0 aliphatic heterocycles. The van der Waals surface area contributed by atoms with E-state index in [1.165, 1.54) is 0 Å². The molecule has 12 heteroatoms. The van der Waals surface area contributed by atoms with Crippen molar-refractivity contribution in [2.45, 2.75) is 31.5 Å². The normalized spacial score (nSPS) is 14.0. The minimum Gasteiger partial charge on any atom is -0.394 e. The molecule has 0 aromatic carbocycles. The molecule has 12 nitrogen and oxygen atoms in total. The van der Waals surface area contributed by atoms with E-state index in [0.29, 0.717) is 0 Å². The minimum atomic E-state index is -1.49. The summed E-state index contributed by atoms with van der Waals surface area (Å²) in [6, 6.07) is -4.27. The maximum absolute atomic E-state index is 12.0. The van der Waals surface area contributed by atoms with Crippen molar-refractivity contribution in [2.75, 3.05) is 13.2 Å². The van der Waals surface area contributed by atoms with Crippen LogP contribution in [0, 0.1) is 0 Å². The predicted octanol–water partition coefficient (Wildman–Crippen LogP) is -5.19. The Morgan fingerprint density at radius 2 is 1.29 bits per heavy atom. The molecule has 0 rings (SSSR count). The third-order valence-corrected chi connectivity index (χ3v) is 2.76. The van der Waals surface area contributed by atoms with Crippen molar-refractivity contribution >= 4 is 29.5 Å². The summed E-state index contributed by atoms with van der Waals surface area (Å²) in [6.45, 7) is -0.428. The Morgan fingerprint density at radius 1 is 0.833 bits per heavy atom. The van der Waals surface area contributed by atoms with E-state index in [-0.39, 0.29) is 0 Å². The fourth-order valence-electron chi connectivity index (χ4n) is 1.60. The van der Waals surface area contributed by atoms with Crippen molar-refractivity contribution in [3.05, 3.63) is 0 Å². The summed E-state index contributed by atoms with van der Waals surface area (Å²) in [5, 5.41) is 24.3. The zero-order valence-corrected chi connectivity index (χ0v) is 12.9. The predicted molar refractivity (Wildman–Crippen MR) is 78.6 cm³/mol. The first-order chi connectivity index (χ1) is 11.1. The average molecular weight is 347 g/mol. The molecule has 0 heterocycles. The Morgan fingerprint density at radius 3 is 1.67 bits per heavy atom. The molecule has 0 saturated heterocycles. The second kappa shape index (κ2) is 10.1. The van der Waals surface area contributed by atoms with E-state index in [9.17, 15) is 24.0 Å². The highest BCUT2D eigenvalue weighted by molar-refractivity contribution is 5.96. The molecule has 0 fully saturated rings. The summed E-state index contributed by atoms with van der Waals surface area (Å²) in [5.74, 6) is -4.51. The number of carbonyl (C=O) groups is 5. The van der Waals surface area contributed by atoms with Crippen LogP contribution in [0.4, 0.5) is 0 Å².